The lowest BCUT2D eigenvalue weighted by Crippen LogP contribution is -2.37. The molecule has 0 unspecified atom stereocenters. The van der Waals surface area contributed by atoms with Gasteiger partial charge in [-0.1, -0.05) is 6.42 Å². The van der Waals surface area contributed by atoms with E-state index in [1.165, 1.54) is 32.1 Å². The summed E-state index contributed by atoms with van der Waals surface area (Å²) in [6, 6.07) is 0. The van der Waals surface area contributed by atoms with Gasteiger partial charge in [-0.3, -0.25) is 9.69 Å². The maximum Gasteiger partial charge on any atom is 0.242 e. The largest absolute Gasteiger partial charge is 0.341 e. The minimum absolute atomic E-state index is 0.226. The van der Waals surface area contributed by atoms with Crippen LogP contribution in [0.25, 0.3) is 0 Å². The van der Waals surface area contributed by atoms with Crippen LogP contribution in [0.4, 0.5) is 0 Å². The van der Waals surface area contributed by atoms with Crippen molar-refractivity contribution in [2.75, 3.05) is 26.2 Å². The molecule has 0 spiro atoms. The van der Waals surface area contributed by atoms with Crippen molar-refractivity contribution in [3.8, 4) is 0 Å². The van der Waals surface area contributed by atoms with E-state index in [-0.39, 0.29) is 5.91 Å². The third-order valence-corrected chi connectivity index (χ3v) is 3.10. The smallest absolute Gasteiger partial charge is 0.242 e. The first-order chi connectivity index (χ1) is 6.86. The van der Waals surface area contributed by atoms with Gasteiger partial charge in [0.05, 0.1) is 0 Å². The Morgan fingerprint density at radius 1 is 0.857 bits per heavy atom. The molecule has 0 bridgehead atoms. The summed E-state index contributed by atoms with van der Waals surface area (Å²) in [5.74, 6) is 0.226. The van der Waals surface area contributed by atoms with Crippen molar-refractivity contribution in [1.82, 2.24) is 9.80 Å². The van der Waals surface area contributed by atoms with Crippen molar-refractivity contribution in [3.05, 3.63) is 6.54 Å². The Balaban J connectivity index is 1.75. The predicted molar refractivity (Wildman–Crippen MR) is 55.5 cm³/mol. The Hall–Kier alpha value is -0.570. The normalized spacial score (nSPS) is 24.1. The minimum Gasteiger partial charge on any atom is -0.341 e. The Morgan fingerprint density at radius 3 is 2.07 bits per heavy atom. The highest BCUT2D eigenvalue weighted by Gasteiger charge is 2.21. The molecule has 2 rings (SSSR count). The third kappa shape index (κ3) is 2.47. The quantitative estimate of drug-likeness (QED) is 0.662. The fraction of sp³-hybridized carbons (Fsp3) is 0.818. The van der Waals surface area contributed by atoms with E-state index >= 15 is 0 Å². The van der Waals surface area contributed by atoms with Crippen molar-refractivity contribution in [1.29, 1.82) is 0 Å². The van der Waals surface area contributed by atoms with Gasteiger partial charge >= 0.3 is 0 Å². The second-order valence-electron chi connectivity index (χ2n) is 4.26. The number of hydrogen-bond acceptors (Lipinski definition) is 2. The van der Waals surface area contributed by atoms with Crippen molar-refractivity contribution in [2.24, 2.45) is 0 Å². The number of nitrogens with zero attached hydrogens (tertiary/aromatic N) is 2. The van der Waals surface area contributed by atoms with E-state index in [0.717, 1.165) is 26.2 Å². The topological polar surface area (TPSA) is 23.6 Å². The molecule has 2 heterocycles. The van der Waals surface area contributed by atoms with Crippen LogP contribution in [-0.4, -0.2) is 41.9 Å². The fourth-order valence-electron chi connectivity index (χ4n) is 2.22. The van der Waals surface area contributed by atoms with E-state index in [9.17, 15) is 4.79 Å². The number of amides is 1. The predicted octanol–water partition coefficient (Wildman–Crippen LogP) is 1.26. The lowest BCUT2D eigenvalue weighted by Gasteiger charge is -2.27. The van der Waals surface area contributed by atoms with Gasteiger partial charge in [-0.25, -0.2) is 0 Å². The molecule has 2 aliphatic heterocycles. The van der Waals surface area contributed by atoms with Gasteiger partial charge in [-0.05, 0) is 38.8 Å². The van der Waals surface area contributed by atoms with Crippen molar-refractivity contribution >= 4 is 5.91 Å². The molecule has 3 nitrogen and oxygen atoms in total. The van der Waals surface area contributed by atoms with Crippen LogP contribution >= 0.6 is 0 Å². The summed E-state index contributed by atoms with van der Waals surface area (Å²) in [5, 5.41) is 0. The lowest BCUT2D eigenvalue weighted by molar-refractivity contribution is -0.128. The molecule has 0 N–H and O–H groups in total. The van der Waals surface area contributed by atoms with E-state index in [2.05, 4.69) is 4.90 Å². The third-order valence-electron chi connectivity index (χ3n) is 3.10. The van der Waals surface area contributed by atoms with Gasteiger partial charge in [0.25, 0.3) is 0 Å². The zero-order chi connectivity index (χ0) is 9.80. The summed E-state index contributed by atoms with van der Waals surface area (Å²) >= 11 is 0. The van der Waals surface area contributed by atoms with Crippen LogP contribution in [0.3, 0.4) is 0 Å². The second kappa shape index (κ2) is 4.78. The molecule has 1 amide bonds. The first-order valence-electron chi connectivity index (χ1n) is 5.74. The van der Waals surface area contributed by atoms with E-state index < -0.39 is 0 Å². The average Bonchev–Trinajstić information content (AvgIpc) is 2.72. The number of carbonyl (C=O) groups excluding carboxylic acids is 1. The monoisotopic (exact) mass is 195 g/mol. The van der Waals surface area contributed by atoms with Crippen molar-refractivity contribution in [2.45, 2.75) is 32.1 Å². The average molecular weight is 195 g/mol. The van der Waals surface area contributed by atoms with Crippen molar-refractivity contribution in [3.63, 3.8) is 0 Å². The highest BCUT2D eigenvalue weighted by atomic mass is 16.2. The van der Waals surface area contributed by atoms with E-state index in [1.54, 1.807) is 0 Å². The summed E-state index contributed by atoms with van der Waals surface area (Å²) < 4.78 is 0. The molecule has 3 heteroatoms. The first kappa shape index (κ1) is 9.97. The Kier molecular flexibility index (Phi) is 3.40. The molecule has 14 heavy (non-hydrogen) atoms. The van der Waals surface area contributed by atoms with Crippen molar-refractivity contribution < 1.29 is 4.79 Å². The second-order valence-corrected chi connectivity index (χ2v) is 4.26. The molecule has 79 valence electrons. The highest BCUT2D eigenvalue weighted by Crippen LogP contribution is 2.13. The molecule has 2 fully saturated rings. The van der Waals surface area contributed by atoms with Crippen LogP contribution in [0.5, 0.6) is 0 Å². The summed E-state index contributed by atoms with van der Waals surface area (Å²) in [5.41, 5.74) is 0. The fourth-order valence-corrected chi connectivity index (χ4v) is 2.22. The Labute approximate surface area is 86.1 Å². The van der Waals surface area contributed by atoms with Crippen LogP contribution in [0.1, 0.15) is 32.1 Å². The molecule has 0 aromatic rings. The van der Waals surface area contributed by atoms with Gasteiger partial charge in [0.2, 0.25) is 5.91 Å². The first-order valence-corrected chi connectivity index (χ1v) is 5.74. The summed E-state index contributed by atoms with van der Waals surface area (Å²) in [6.07, 6.45) is 6.16. The van der Waals surface area contributed by atoms with Gasteiger partial charge in [0.1, 0.15) is 6.54 Å². The van der Waals surface area contributed by atoms with E-state index in [1.807, 2.05) is 11.4 Å². The molecule has 2 saturated heterocycles. The standard InChI is InChI=1S/C11H19N2O/c14-11(13-8-4-5-9-13)10-12-6-2-1-3-7-12/h10H,1-9H2. The van der Waals surface area contributed by atoms with Gasteiger partial charge in [0, 0.05) is 13.1 Å². The number of hydrogen-bond donors (Lipinski definition) is 0. The summed E-state index contributed by atoms with van der Waals surface area (Å²) in [7, 11) is 0. The van der Waals surface area contributed by atoms with Crippen LogP contribution in [-0.2, 0) is 4.79 Å². The van der Waals surface area contributed by atoms with Crippen LogP contribution < -0.4 is 0 Å². The summed E-state index contributed by atoms with van der Waals surface area (Å²) in [6.45, 7) is 5.88. The number of rotatable bonds is 2. The molecule has 1 radical (unpaired) electrons. The maximum atomic E-state index is 11.7. The molecule has 0 saturated carbocycles. The van der Waals surface area contributed by atoms with E-state index in [0.29, 0.717) is 0 Å². The molecule has 2 aliphatic rings. The molecule has 0 aliphatic carbocycles. The van der Waals surface area contributed by atoms with Gasteiger partial charge < -0.3 is 4.90 Å². The van der Waals surface area contributed by atoms with Gasteiger partial charge in [-0.15, -0.1) is 0 Å². The number of carbonyl (C=O) groups is 1. The highest BCUT2D eigenvalue weighted by molar-refractivity contribution is 5.84. The minimum atomic E-state index is 0.226. The maximum absolute atomic E-state index is 11.7. The lowest BCUT2D eigenvalue weighted by atomic mass is 10.1. The number of piperidine rings is 1. The van der Waals surface area contributed by atoms with Crippen LogP contribution in [0, 0.1) is 6.54 Å². The Morgan fingerprint density at radius 2 is 1.43 bits per heavy atom. The molecule has 0 atom stereocenters. The van der Waals surface area contributed by atoms with Crippen LogP contribution in [0.15, 0.2) is 0 Å². The number of likely N-dealkylation sites (tertiary alicyclic amines) is 2. The van der Waals surface area contributed by atoms with Gasteiger partial charge in [-0.2, -0.15) is 0 Å². The molecular formula is C11H19N2O. The summed E-state index contributed by atoms with van der Waals surface area (Å²) in [4.78, 5) is 15.9. The molecule has 0 aromatic carbocycles. The van der Waals surface area contributed by atoms with E-state index in [4.69, 9.17) is 0 Å². The van der Waals surface area contributed by atoms with Crippen LogP contribution in [0.2, 0.25) is 0 Å². The SMILES string of the molecule is O=C([CH]N1CCCCC1)N1CCCC1. The zero-order valence-electron chi connectivity index (χ0n) is 8.74. The van der Waals surface area contributed by atoms with Gasteiger partial charge in [0.15, 0.2) is 0 Å². The Bertz CT molecular complexity index is 193. The molecule has 0 aromatic heterocycles. The zero-order valence-corrected chi connectivity index (χ0v) is 8.74. The molecular weight excluding hydrogens is 176 g/mol.